The van der Waals surface area contributed by atoms with E-state index in [9.17, 15) is 13.2 Å². The standard InChI is InChI=1S/C22H28ClNO4S/c1-2-3-7-21(24-29(27,28)20-15-13-19(23)14-16-20)18-11-9-17(10-12-18)6-4-5-8-22(25)26/h9-16,21,24H,2-8H2,1H3,(H,25,26). The fraction of sp³-hybridized carbons (Fsp3) is 0.409. The summed E-state index contributed by atoms with van der Waals surface area (Å²) in [5.74, 6) is -0.771. The normalized spacial score (nSPS) is 12.6. The lowest BCUT2D eigenvalue weighted by atomic mass is 9.99. The molecule has 2 N–H and O–H groups in total. The second-order valence-corrected chi connectivity index (χ2v) is 9.26. The highest BCUT2D eigenvalue weighted by molar-refractivity contribution is 7.89. The SMILES string of the molecule is CCCCC(NS(=O)(=O)c1ccc(Cl)cc1)c1ccc(CCCCC(=O)O)cc1. The Hall–Kier alpha value is -1.89. The van der Waals surface area contributed by atoms with Crippen LogP contribution in [0.1, 0.15) is 62.6 Å². The molecular formula is C22H28ClNO4S. The first-order valence-electron chi connectivity index (χ1n) is 9.90. The molecule has 29 heavy (non-hydrogen) atoms. The molecule has 0 amide bonds. The van der Waals surface area contributed by atoms with E-state index in [1.54, 1.807) is 12.1 Å². The minimum absolute atomic E-state index is 0.184. The Morgan fingerprint density at radius 2 is 1.69 bits per heavy atom. The number of hydrogen-bond donors (Lipinski definition) is 2. The second-order valence-electron chi connectivity index (χ2n) is 7.11. The fourth-order valence-corrected chi connectivity index (χ4v) is 4.48. The van der Waals surface area contributed by atoms with Crippen molar-refractivity contribution < 1.29 is 18.3 Å². The summed E-state index contributed by atoms with van der Waals surface area (Å²) in [5, 5.41) is 9.20. The maximum Gasteiger partial charge on any atom is 0.303 e. The highest BCUT2D eigenvalue weighted by Gasteiger charge is 2.21. The van der Waals surface area contributed by atoms with Gasteiger partial charge in [0.2, 0.25) is 10.0 Å². The number of nitrogens with one attached hydrogen (secondary N) is 1. The van der Waals surface area contributed by atoms with Gasteiger partial charge in [0, 0.05) is 17.5 Å². The second kappa shape index (κ2) is 11.3. The van der Waals surface area contributed by atoms with Crippen LogP contribution in [0.4, 0.5) is 0 Å². The first-order valence-corrected chi connectivity index (χ1v) is 11.8. The molecule has 0 aliphatic carbocycles. The van der Waals surface area contributed by atoms with Gasteiger partial charge >= 0.3 is 5.97 Å². The molecule has 0 bridgehead atoms. The Labute approximate surface area is 178 Å². The Kier molecular flexibility index (Phi) is 9.14. The van der Waals surface area contributed by atoms with Gasteiger partial charge in [0.05, 0.1) is 4.90 Å². The molecular weight excluding hydrogens is 410 g/mol. The molecule has 0 fully saturated rings. The topological polar surface area (TPSA) is 83.5 Å². The van der Waals surface area contributed by atoms with Crippen molar-refractivity contribution in [1.29, 1.82) is 0 Å². The molecule has 0 heterocycles. The molecule has 0 aliphatic rings. The molecule has 2 aromatic carbocycles. The van der Waals surface area contributed by atoms with Crippen LogP contribution in [0.3, 0.4) is 0 Å². The summed E-state index contributed by atoms with van der Waals surface area (Å²) in [5.41, 5.74) is 2.04. The number of aryl methyl sites for hydroxylation is 1. The van der Waals surface area contributed by atoms with E-state index in [2.05, 4.69) is 11.6 Å². The molecule has 7 heteroatoms. The summed E-state index contributed by atoms with van der Waals surface area (Å²) in [7, 11) is -3.65. The number of unbranched alkanes of at least 4 members (excludes halogenated alkanes) is 2. The lowest BCUT2D eigenvalue weighted by Gasteiger charge is -2.19. The summed E-state index contributed by atoms with van der Waals surface area (Å²) in [4.78, 5) is 10.8. The van der Waals surface area contributed by atoms with E-state index in [-0.39, 0.29) is 17.4 Å². The zero-order valence-electron chi connectivity index (χ0n) is 16.6. The molecule has 5 nitrogen and oxygen atoms in total. The van der Waals surface area contributed by atoms with Crippen LogP contribution >= 0.6 is 11.6 Å². The summed E-state index contributed by atoms with van der Waals surface area (Å²) >= 11 is 5.86. The molecule has 0 aromatic heterocycles. The largest absolute Gasteiger partial charge is 0.481 e. The Morgan fingerprint density at radius 3 is 2.28 bits per heavy atom. The third-order valence-corrected chi connectivity index (χ3v) is 6.50. The lowest BCUT2D eigenvalue weighted by Crippen LogP contribution is -2.28. The Bertz CT molecular complexity index is 880. The van der Waals surface area contributed by atoms with Crippen LogP contribution in [-0.4, -0.2) is 19.5 Å². The fourth-order valence-electron chi connectivity index (χ4n) is 3.09. The van der Waals surface area contributed by atoms with Gasteiger partial charge in [-0.05, 0) is 61.1 Å². The quantitative estimate of drug-likeness (QED) is 0.438. The predicted octanol–water partition coefficient (Wildman–Crippen LogP) is 5.35. The van der Waals surface area contributed by atoms with Crippen LogP contribution in [0.25, 0.3) is 0 Å². The number of carboxylic acids is 1. The van der Waals surface area contributed by atoms with Crippen LogP contribution < -0.4 is 4.72 Å². The monoisotopic (exact) mass is 437 g/mol. The van der Waals surface area contributed by atoms with E-state index in [0.29, 0.717) is 17.9 Å². The number of aliphatic carboxylic acids is 1. The Balaban J connectivity index is 2.08. The van der Waals surface area contributed by atoms with Gasteiger partial charge in [-0.3, -0.25) is 4.79 Å². The minimum Gasteiger partial charge on any atom is -0.481 e. The van der Waals surface area contributed by atoms with Gasteiger partial charge < -0.3 is 5.11 Å². The van der Waals surface area contributed by atoms with Crippen molar-refractivity contribution in [2.75, 3.05) is 0 Å². The minimum atomic E-state index is -3.65. The van der Waals surface area contributed by atoms with Crippen molar-refractivity contribution in [2.24, 2.45) is 0 Å². The zero-order chi connectivity index (χ0) is 21.3. The van der Waals surface area contributed by atoms with Gasteiger partial charge in [-0.1, -0.05) is 55.6 Å². The molecule has 0 saturated heterocycles. The molecule has 1 atom stereocenters. The van der Waals surface area contributed by atoms with E-state index >= 15 is 0 Å². The van der Waals surface area contributed by atoms with E-state index < -0.39 is 16.0 Å². The smallest absolute Gasteiger partial charge is 0.303 e. The first kappa shape index (κ1) is 23.4. The molecule has 0 aliphatic heterocycles. The first-order chi connectivity index (χ1) is 13.8. The Morgan fingerprint density at radius 1 is 1.03 bits per heavy atom. The van der Waals surface area contributed by atoms with Crippen LogP contribution in [0.2, 0.25) is 5.02 Å². The van der Waals surface area contributed by atoms with Gasteiger partial charge in [0.25, 0.3) is 0 Å². The average Bonchev–Trinajstić information content (AvgIpc) is 2.69. The highest BCUT2D eigenvalue weighted by Crippen LogP contribution is 2.24. The molecule has 2 rings (SSSR count). The van der Waals surface area contributed by atoms with Crippen LogP contribution in [-0.2, 0) is 21.2 Å². The zero-order valence-corrected chi connectivity index (χ0v) is 18.2. The van der Waals surface area contributed by atoms with E-state index in [1.165, 1.54) is 12.1 Å². The van der Waals surface area contributed by atoms with Crippen molar-refractivity contribution in [3.63, 3.8) is 0 Å². The van der Waals surface area contributed by atoms with Crippen molar-refractivity contribution in [1.82, 2.24) is 4.72 Å². The van der Waals surface area contributed by atoms with Crippen molar-refractivity contribution in [2.45, 2.75) is 62.8 Å². The van der Waals surface area contributed by atoms with Crippen LogP contribution in [0.5, 0.6) is 0 Å². The van der Waals surface area contributed by atoms with Gasteiger partial charge in [0.1, 0.15) is 0 Å². The van der Waals surface area contributed by atoms with E-state index in [0.717, 1.165) is 36.8 Å². The van der Waals surface area contributed by atoms with E-state index in [1.807, 2.05) is 24.3 Å². The number of rotatable bonds is 12. The van der Waals surface area contributed by atoms with Crippen molar-refractivity contribution in [3.8, 4) is 0 Å². The van der Waals surface area contributed by atoms with Crippen LogP contribution in [0.15, 0.2) is 53.4 Å². The average molecular weight is 438 g/mol. The molecule has 0 radical (unpaired) electrons. The predicted molar refractivity (Wildman–Crippen MR) is 116 cm³/mol. The number of sulfonamides is 1. The van der Waals surface area contributed by atoms with Gasteiger partial charge in [-0.25, -0.2) is 13.1 Å². The number of halogens is 1. The number of benzene rings is 2. The molecule has 0 saturated carbocycles. The summed E-state index contributed by atoms with van der Waals surface area (Å²) in [6.45, 7) is 2.07. The van der Waals surface area contributed by atoms with Crippen molar-refractivity contribution in [3.05, 3.63) is 64.7 Å². The maximum absolute atomic E-state index is 12.8. The summed E-state index contributed by atoms with van der Waals surface area (Å²) in [6.07, 6.45) is 5.05. The number of hydrogen-bond acceptors (Lipinski definition) is 3. The third kappa shape index (κ3) is 7.80. The molecule has 158 valence electrons. The van der Waals surface area contributed by atoms with Crippen LogP contribution in [0, 0.1) is 0 Å². The lowest BCUT2D eigenvalue weighted by molar-refractivity contribution is -0.137. The van der Waals surface area contributed by atoms with Gasteiger partial charge in [-0.2, -0.15) is 0 Å². The molecule has 1 unspecified atom stereocenters. The maximum atomic E-state index is 12.8. The number of carbonyl (C=O) groups is 1. The van der Waals surface area contributed by atoms with Gasteiger partial charge in [-0.15, -0.1) is 0 Å². The van der Waals surface area contributed by atoms with Gasteiger partial charge in [0.15, 0.2) is 0 Å². The van der Waals surface area contributed by atoms with Crippen molar-refractivity contribution >= 4 is 27.6 Å². The summed E-state index contributed by atoms with van der Waals surface area (Å²) < 4.78 is 28.4. The number of carboxylic acid groups (broad SMARTS) is 1. The molecule has 0 spiro atoms. The third-order valence-electron chi connectivity index (χ3n) is 4.76. The summed E-state index contributed by atoms with van der Waals surface area (Å²) in [6, 6.07) is 13.7. The molecule has 2 aromatic rings. The highest BCUT2D eigenvalue weighted by atomic mass is 35.5. The van der Waals surface area contributed by atoms with E-state index in [4.69, 9.17) is 16.7 Å².